The third kappa shape index (κ3) is 12.0. The van der Waals surface area contributed by atoms with Gasteiger partial charge in [0.05, 0.1) is 11.4 Å². The number of hydrogen-bond acceptors (Lipinski definition) is 3. The van der Waals surface area contributed by atoms with E-state index in [0.29, 0.717) is 0 Å². The lowest BCUT2D eigenvalue weighted by Gasteiger charge is -2.35. The van der Waals surface area contributed by atoms with E-state index >= 15 is 0 Å². The average Bonchev–Trinajstić information content (AvgIpc) is 0.738. The Hall–Kier alpha value is -12.5. The first-order valence-electron chi connectivity index (χ1n) is 33.2. The lowest BCUT2D eigenvalue weighted by molar-refractivity contribution is 1.28. The Morgan fingerprint density at radius 2 is 0.443 bits per heavy atom. The zero-order valence-corrected chi connectivity index (χ0v) is 54.5. The largest absolute Gasteiger partial charge is 0.310 e. The van der Waals surface area contributed by atoms with Crippen molar-refractivity contribution in [1.82, 2.24) is 4.98 Å². The molecule has 97 heavy (non-hydrogen) atoms. The van der Waals surface area contributed by atoms with Crippen LogP contribution in [0.2, 0.25) is 0 Å². The van der Waals surface area contributed by atoms with E-state index in [4.69, 9.17) is 4.98 Å². The van der Waals surface area contributed by atoms with Crippen molar-refractivity contribution >= 4 is 106 Å². The van der Waals surface area contributed by atoms with Crippen molar-refractivity contribution in [2.75, 3.05) is 9.80 Å². The van der Waals surface area contributed by atoms with Gasteiger partial charge in [0.1, 0.15) is 0 Å². The van der Waals surface area contributed by atoms with Crippen LogP contribution in [0.15, 0.2) is 406 Å². The van der Waals surface area contributed by atoms with Crippen molar-refractivity contribution in [1.29, 1.82) is 0 Å². The van der Waals surface area contributed by atoms with E-state index in [1.165, 1.54) is 86.1 Å². The standard InChI is InChI=1S/C50H37NSi.C43H30N2/c1-5-15-38(16-6-1)39-27-29-42(30-28-39)51(44-33-36-50-41(37-44)26-25-40-17-13-14-24-49(40)50)43-31-34-48(35-32-43)52(45-18-7-2-8-19-45,46-20-9-3-10-21-46)47-22-11-4-12-23-47;1-3-10-31(11-4-1)32-20-24-37(25-21-32)45(39-28-29-41-36(30-39)19-18-33-12-7-8-15-40(33)41)38-26-22-35(23-27-38)43-17-9-16-42(44-43)34-13-5-2-6-14-34/h1-37H;1-30H. The van der Waals surface area contributed by atoms with Gasteiger partial charge in [-0.2, -0.15) is 0 Å². The molecule has 0 amide bonds. The van der Waals surface area contributed by atoms with Gasteiger partial charge in [-0.05, 0) is 171 Å². The summed E-state index contributed by atoms with van der Waals surface area (Å²) in [7, 11) is -2.64. The van der Waals surface area contributed by atoms with Gasteiger partial charge in [-0.1, -0.05) is 322 Å². The summed E-state index contributed by atoms with van der Waals surface area (Å²) in [6.45, 7) is 0. The molecule has 0 spiro atoms. The highest BCUT2D eigenvalue weighted by molar-refractivity contribution is 7.19. The second-order valence-electron chi connectivity index (χ2n) is 24.6. The number of benzene rings is 16. The summed E-state index contributed by atoms with van der Waals surface area (Å²) in [5, 5.41) is 15.5. The van der Waals surface area contributed by atoms with E-state index in [0.717, 1.165) is 56.6 Å². The molecule has 3 nitrogen and oxygen atoms in total. The third-order valence-corrected chi connectivity index (χ3v) is 23.7. The molecule has 0 N–H and O–H groups in total. The van der Waals surface area contributed by atoms with Gasteiger partial charge in [-0.15, -0.1) is 0 Å². The minimum atomic E-state index is -2.64. The minimum Gasteiger partial charge on any atom is -0.310 e. The van der Waals surface area contributed by atoms with E-state index < -0.39 is 8.07 Å². The number of aromatic nitrogens is 1. The Morgan fingerprint density at radius 3 is 0.835 bits per heavy atom. The molecule has 0 aliphatic heterocycles. The molecule has 1 aromatic heterocycles. The van der Waals surface area contributed by atoms with E-state index in [-0.39, 0.29) is 0 Å². The van der Waals surface area contributed by atoms with E-state index in [9.17, 15) is 0 Å². The lowest BCUT2D eigenvalue weighted by atomic mass is 10.0. The van der Waals surface area contributed by atoms with Crippen molar-refractivity contribution in [2.45, 2.75) is 0 Å². The first kappa shape index (κ1) is 59.5. The zero-order valence-electron chi connectivity index (χ0n) is 53.5. The van der Waals surface area contributed by atoms with Gasteiger partial charge in [-0.25, -0.2) is 4.98 Å². The van der Waals surface area contributed by atoms with Crippen molar-refractivity contribution in [3.8, 4) is 44.8 Å². The summed E-state index contributed by atoms with van der Waals surface area (Å²) >= 11 is 0. The fourth-order valence-electron chi connectivity index (χ4n) is 14.1. The van der Waals surface area contributed by atoms with Crippen molar-refractivity contribution < 1.29 is 0 Å². The van der Waals surface area contributed by atoms with Gasteiger partial charge in [0.25, 0.3) is 0 Å². The fourth-order valence-corrected chi connectivity index (χ4v) is 18.9. The maximum Gasteiger partial charge on any atom is 0.179 e. The van der Waals surface area contributed by atoms with Gasteiger partial charge in [0.2, 0.25) is 0 Å². The topological polar surface area (TPSA) is 19.4 Å². The second kappa shape index (κ2) is 26.9. The predicted molar refractivity (Wildman–Crippen MR) is 415 cm³/mol. The summed E-state index contributed by atoms with van der Waals surface area (Å²) < 4.78 is 0. The molecule has 0 bridgehead atoms. The van der Waals surface area contributed by atoms with Crippen LogP contribution in [0.3, 0.4) is 0 Å². The number of nitrogens with zero attached hydrogens (tertiary/aromatic N) is 3. The van der Waals surface area contributed by atoms with E-state index in [2.05, 4.69) is 410 Å². The monoisotopic (exact) mass is 1250 g/mol. The van der Waals surface area contributed by atoms with Gasteiger partial charge >= 0.3 is 0 Å². The fraction of sp³-hybridized carbons (Fsp3) is 0. The molecule has 0 radical (unpaired) electrons. The molecule has 17 aromatic rings. The highest BCUT2D eigenvalue weighted by Gasteiger charge is 2.41. The molecule has 458 valence electrons. The molecule has 17 rings (SSSR count). The Kier molecular flexibility index (Phi) is 16.5. The summed E-state index contributed by atoms with van der Waals surface area (Å²) in [6.07, 6.45) is 0. The molecule has 0 aliphatic rings. The van der Waals surface area contributed by atoms with Crippen LogP contribution in [0, 0.1) is 0 Å². The van der Waals surface area contributed by atoms with Crippen molar-refractivity contribution in [3.05, 3.63) is 406 Å². The Morgan fingerprint density at radius 1 is 0.175 bits per heavy atom. The summed E-state index contributed by atoms with van der Waals surface area (Å²) in [5.41, 5.74) is 15.6. The second-order valence-corrected chi connectivity index (χ2v) is 28.4. The first-order valence-corrected chi connectivity index (χ1v) is 35.2. The van der Waals surface area contributed by atoms with Crippen molar-refractivity contribution in [3.63, 3.8) is 0 Å². The minimum absolute atomic E-state index is 0.958. The molecule has 0 saturated carbocycles. The van der Waals surface area contributed by atoms with Crippen LogP contribution in [0.1, 0.15) is 0 Å². The maximum atomic E-state index is 4.99. The summed E-state index contributed by atoms with van der Waals surface area (Å²) in [4.78, 5) is 9.72. The van der Waals surface area contributed by atoms with Gasteiger partial charge < -0.3 is 9.80 Å². The molecule has 4 heteroatoms. The Labute approximate surface area is 568 Å². The molecule has 1 heterocycles. The summed E-state index contributed by atoms with van der Waals surface area (Å²) in [5.74, 6) is 0. The van der Waals surface area contributed by atoms with Crippen LogP contribution in [0.4, 0.5) is 34.1 Å². The summed E-state index contributed by atoms with van der Waals surface area (Å²) in [6, 6.07) is 147. The number of rotatable bonds is 14. The Balaban J connectivity index is 0.000000154. The number of pyridine rings is 1. The van der Waals surface area contributed by atoms with Crippen LogP contribution in [-0.4, -0.2) is 13.1 Å². The smallest absolute Gasteiger partial charge is 0.179 e. The molecule has 0 fully saturated rings. The molecular weight excluding hydrogens is 1190 g/mol. The molecule has 0 atom stereocenters. The van der Waals surface area contributed by atoms with Gasteiger partial charge in [0, 0.05) is 45.3 Å². The molecule has 0 unspecified atom stereocenters. The maximum absolute atomic E-state index is 4.99. The van der Waals surface area contributed by atoms with Crippen LogP contribution in [0.5, 0.6) is 0 Å². The van der Waals surface area contributed by atoms with Crippen LogP contribution >= 0.6 is 0 Å². The predicted octanol–water partition coefficient (Wildman–Crippen LogP) is 22.4. The normalized spacial score (nSPS) is 11.3. The Bertz CT molecular complexity index is 5430. The van der Waals surface area contributed by atoms with Gasteiger partial charge in [0.15, 0.2) is 8.07 Å². The van der Waals surface area contributed by atoms with Crippen LogP contribution < -0.4 is 30.5 Å². The van der Waals surface area contributed by atoms with Crippen LogP contribution in [0.25, 0.3) is 87.9 Å². The number of anilines is 6. The zero-order chi connectivity index (χ0) is 64.7. The number of fused-ring (bicyclic) bond motifs is 6. The quantitative estimate of drug-likeness (QED) is 0.0614. The van der Waals surface area contributed by atoms with Crippen molar-refractivity contribution in [2.24, 2.45) is 0 Å². The van der Waals surface area contributed by atoms with Gasteiger partial charge in [-0.3, -0.25) is 0 Å². The highest BCUT2D eigenvalue weighted by Crippen LogP contribution is 2.41. The average molecular weight is 1250 g/mol. The third-order valence-electron chi connectivity index (χ3n) is 18.9. The molecular formula is C93H67N3Si. The lowest BCUT2D eigenvalue weighted by Crippen LogP contribution is -2.74. The molecule has 0 aliphatic carbocycles. The molecule has 0 saturated heterocycles. The number of hydrogen-bond donors (Lipinski definition) is 0. The highest BCUT2D eigenvalue weighted by atomic mass is 28.3. The first-order chi connectivity index (χ1) is 48.1. The van der Waals surface area contributed by atoms with E-state index in [1.807, 2.05) is 6.07 Å². The SMILES string of the molecule is c1ccc(-c2ccc(N(c3ccc(-c4cccc(-c5ccccc5)n4)cc3)c3ccc4c(ccc5ccccc54)c3)cc2)cc1.c1ccc(-c2ccc(N(c3ccc([Si](c4ccccc4)(c4ccccc4)c4ccccc4)cc3)c3ccc4c(ccc5ccccc54)c3)cc2)cc1. The van der Waals surface area contributed by atoms with Crippen LogP contribution in [-0.2, 0) is 0 Å². The van der Waals surface area contributed by atoms with E-state index in [1.54, 1.807) is 0 Å². The molecule has 16 aromatic carbocycles.